The van der Waals surface area contributed by atoms with Crippen LogP contribution in [0.2, 0.25) is 0 Å². The second-order valence-electron chi connectivity index (χ2n) is 9.07. The predicted octanol–water partition coefficient (Wildman–Crippen LogP) is 3.21. The second-order valence-corrected chi connectivity index (χ2v) is 11.8. The Morgan fingerprint density at radius 3 is 2.73 bits per heavy atom. The molecule has 0 saturated heterocycles. The normalized spacial score (nSPS) is 18.9. The third-order valence-corrected chi connectivity index (χ3v) is 9.04. The number of nitrogens with zero attached hydrogens (tertiary/aromatic N) is 8. The number of rotatable bonds is 7. The maximum atomic E-state index is 13.3. The van der Waals surface area contributed by atoms with Gasteiger partial charge in [-0.1, -0.05) is 17.4 Å². The molecule has 0 bridgehead atoms. The van der Waals surface area contributed by atoms with Crippen LogP contribution in [0, 0.1) is 11.3 Å². The van der Waals surface area contributed by atoms with Crippen LogP contribution < -0.4 is 4.72 Å². The van der Waals surface area contributed by atoms with Gasteiger partial charge in [-0.2, -0.15) is 15.1 Å². The van der Waals surface area contributed by atoms with Gasteiger partial charge in [-0.05, 0) is 43.4 Å². The molecule has 1 unspecified atom stereocenters. The number of hydrogen-bond acceptors (Lipinski definition) is 9. The van der Waals surface area contributed by atoms with Crippen LogP contribution in [0.15, 0.2) is 35.5 Å². The van der Waals surface area contributed by atoms with Crippen LogP contribution in [0.5, 0.6) is 0 Å². The maximum Gasteiger partial charge on any atom is 0.291 e. The average molecular weight is 544 g/mol. The number of nitriles is 1. The summed E-state index contributed by atoms with van der Waals surface area (Å²) in [5, 5.41) is 29.0. The van der Waals surface area contributed by atoms with E-state index in [-0.39, 0.29) is 21.6 Å². The van der Waals surface area contributed by atoms with E-state index in [9.17, 15) is 22.5 Å². The highest BCUT2D eigenvalue weighted by Gasteiger charge is 2.47. The molecule has 4 aromatic rings. The van der Waals surface area contributed by atoms with Crippen molar-refractivity contribution in [3.8, 4) is 16.9 Å². The summed E-state index contributed by atoms with van der Waals surface area (Å²) in [6.45, 7) is 0. The first kappa shape index (κ1) is 23.8. The van der Waals surface area contributed by atoms with Gasteiger partial charge in [-0.15, -0.1) is 20.4 Å². The fourth-order valence-corrected chi connectivity index (χ4v) is 6.59. The molecule has 0 radical (unpaired) electrons. The molecule has 0 amide bonds. The van der Waals surface area contributed by atoms with Crippen LogP contribution in [0.25, 0.3) is 22.1 Å². The summed E-state index contributed by atoms with van der Waals surface area (Å²) in [6.07, 6.45) is 4.60. The minimum Gasteiger partial charge on any atom is -0.278 e. The largest absolute Gasteiger partial charge is 0.291 e. The molecule has 15 heteroatoms. The topological polar surface area (TPSA) is 144 Å². The molecule has 1 fully saturated rings. The molecule has 6 rings (SSSR count). The lowest BCUT2D eigenvalue weighted by molar-refractivity contribution is 0.150. The highest BCUT2D eigenvalue weighted by Crippen LogP contribution is 2.41. The molecular formula is C22H19F2N9O2S2. The maximum absolute atomic E-state index is 13.3. The number of nitrogens with one attached hydrogen (secondary N) is 1. The van der Waals surface area contributed by atoms with E-state index in [2.05, 4.69) is 36.3 Å². The Bertz CT molecular complexity index is 1710. The number of hydrogen-bond donors (Lipinski definition) is 1. The highest BCUT2D eigenvalue weighted by atomic mass is 32.2. The van der Waals surface area contributed by atoms with Crippen molar-refractivity contribution in [3.63, 3.8) is 0 Å². The lowest BCUT2D eigenvalue weighted by Gasteiger charge is -2.13. The molecular weight excluding hydrogens is 524 g/mol. The minimum atomic E-state index is -4.10. The van der Waals surface area contributed by atoms with Gasteiger partial charge < -0.3 is 0 Å². The Hall–Kier alpha value is -3.61. The molecule has 0 aliphatic heterocycles. The van der Waals surface area contributed by atoms with Crippen molar-refractivity contribution in [2.75, 3.05) is 0 Å². The first-order valence-electron chi connectivity index (χ1n) is 11.3. The lowest BCUT2D eigenvalue weighted by atomic mass is 10.1. The summed E-state index contributed by atoms with van der Waals surface area (Å²) in [5.41, 5.74) is 1.69. The standard InChI is InChI=1S/C22H19F2N9O2S2/c1-32-16(4-7-26-32)13-3-2-12(8-13)15-9-14(37(34,35)31-22(11-25)5-6-22)10-33-18(15)27-28-19(33)21-30-29-20(36-21)17(23)24/h4,7-10,13,17,31H,2-3,5-6H2,1H3. The summed E-state index contributed by atoms with van der Waals surface area (Å²) in [6, 6.07) is 5.49. The van der Waals surface area contributed by atoms with Crippen LogP contribution in [0.4, 0.5) is 8.78 Å². The molecule has 0 aromatic carbocycles. The summed E-state index contributed by atoms with van der Waals surface area (Å²) in [4.78, 5) is -0.0962. The van der Waals surface area contributed by atoms with Crippen molar-refractivity contribution in [3.05, 3.63) is 46.9 Å². The van der Waals surface area contributed by atoms with E-state index in [1.165, 1.54) is 16.7 Å². The fraction of sp³-hybridized carbons (Fsp3) is 0.364. The van der Waals surface area contributed by atoms with Crippen molar-refractivity contribution < 1.29 is 17.2 Å². The molecule has 0 spiro atoms. The molecule has 1 atom stereocenters. The predicted molar refractivity (Wildman–Crippen MR) is 128 cm³/mol. The average Bonchev–Trinajstić information content (AvgIpc) is 3.39. The molecule has 4 heterocycles. The van der Waals surface area contributed by atoms with E-state index in [0.717, 1.165) is 17.7 Å². The summed E-state index contributed by atoms with van der Waals surface area (Å²) in [5.74, 6) is 0.175. The number of sulfonamides is 1. The first-order valence-corrected chi connectivity index (χ1v) is 13.6. The summed E-state index contributed by atoms with van der Waals surface area (Å²) in [7, 11) is -2.24. The Kier molecular flexibility index (Phi) is 5.44. The van der Waals surface area contributed by atoms with Gasteiger partial charge >= 0.3 is 0 Å². The molecule has 1 saturated carbocycles. The third-order valence-electron chi connectivity index (χ3n) is 6.61. The van der Waals surface area contributed by atoms with E-state index in [4.69, 9.17) is 0 Å². The summed E-state index contributed by atoms with van der Waals surface area (Å²) >= 11 is 0.661. The monoisotopic (exact) mass is 543 g/mol. The number of aromatic nitrogens is 7. The quantitative estimate of drug-likeness (QED) is 0.374. The second kappa shape index (κ2) is 8.47. The third kappa shape index (κ3) is 4.10. The Labute approximate surface area is 213 Å². The van der Waals surface area contributed by atoms with E-state index < -0.39 is 27.0 Å². The van der Waals surface area contributed by atoms with Crippen molar-refractivity contribution in [2.45, 2.75) is 48.5 Å². The fourth-order valence-electron chi connectivity index (χ4n) is 4.51. The van der Waals surface area contributed by atoms with Gasteiger partial charge in [-0.25, -0.2) is 17.2 Å². The molecule has 2 aliphatic carbocycles. The van der Waals surface area contributed by atoms with Crippen LogP contribution >= 0.6 is 11.3 Å². The number of aryl methyl sites for hydroxylation is 1. The minimum absolute atomic E-state index is 0.0772. The summed E-state index contributed by atoms with van der Waals surface area (Å²) < 4.78 is 58.7. The van der Waals surface area contributed by atoms with Crippen molar-refractivity contribution >= 4 is 32.6 Å². The number of halogens is 2. The molecule has 37 heavy (non-hydrogen) atoms. The Morgan fingerprint density at radius 2 is 2.08 bits per heavy atom. The van der Waals surface area contributed by atoms with Crippen molar-refractivity contribution in [1.29, 1.82) is 5.26 Å². The number of allylic oxidation sites excluding steroid dienone is 2. The highest BCUT2D eigenvalue weighted by molar-refractivity contribution is 7.89. The van der Waals surface area contributed by atoms with Gasteiger partial charge in [0.1, 0.15) is 5.54 Å². The van der Waals surface area contributed by atoms with Gasteiger partial charge in [-0.3, -0.25) is 9.08 Å². The molecule has 1 N–H and O–H groups in total. The molecule has 4 aromatic heterocycles. The zero-order valence-electron chi connectivity index (χ0n) is 19.3. The van der Waals surface area contributed by atoms with Crippen molar-refractivity contribution in [1.82, 2.24) is 39.3 Å². The van der Waals surface area contributed by atoms with Gasteiger partial charge in [0.25, 0.3) is 6.43 Å². The van der Waals surface area contributed by atoms with Crippen LogP contribution in [-0.4, -0.2) is 48.5 Å². The van der Waals surface area contributed by atoms with Crippen molar-refractivity contribution in [2.24, 2.45) is 7.05 Å². The van der Waals surface area contributed by atoms with E-state index in [1.807, 2.05) is 19.2 Å². The zero-order valence-corrected chi connectivity index (χ0v) is 21.0. The number of alkyl halides is 2. The lowest BCUT2D eigenvalue weighted by Crippen LogP contribution is -2.35. The zero-order chi connectivity index (χ0) is 25.9. The van der Waals surface area contributed by atoms with Gasteiger partial charge in [0.05, 0.1) is 11.0 Å². The van der Waals surface area contributed by atoms with E-state index in [0.29, 0.717) is 41.8 Å². The molecule has 11 nitrogen and oxygen atoms in total. The van der Waals surface area contributed by atoms with Crippen LogP contribution in [-0.2, 0) is 17.1 Å². The van der Waals surface area contributed by atoms with Crippen LogP contribution in [0.1, 0.15) is 54.3 Å². The van der Waals surface area contributed by atoms with Crippen LogP contribution in [0.3, 0.4) is 0 Å². The molecule has 190 valence electrons. The Balaban J connectivity index is 1.51. The SMILES string of the molecule is Cn1nccc1C1C=C(c2cc(S(=O)(=O)NC3(C#N)CC3)cn3c(-c4nnc(C(F)F)s4)nnc23)CC1. The van der Waals surface area contributed by atoms with Gasteiger partial charge in [0.15, 0.2) is 21.5 Å². The van der Waals surface area contributed by atoms with E-state index in [1.54, 1.807) is 10.9 Å². The number of fused-ring (bicyclic) bond motifs is 1. The first-order chi connectivity index (χ1) is 17.7. The Morgan fingerprint density at radius 1 is 1.27 bits per heavy atom. The molecule has 2 aliphatic rings. The van der Waals surface area contributed by atoms with Gasteiger partial charge in [0.2, 0.25) is 10.0 Å². The number of pyridine rings is 1. The van der Waals surface area contributed by atoms with E-state index >= 15 is 0 Å². The smallest absolute Gasteiger partial charge is 0.278 e. The van der Waals surface area contributed by atoms with Gasteiger partial charge in [0, 0.05) is 36.6 Å².